The van der Waals surface area contributed by atoms with Crippen molar-refractivity contribution in [3.63, 3.8) is 0 Å². The van der Waals surface area contributed by atoms with Gasteiger partial charge in [0.15, 0.2) is 0 Å². The van der Waals surface area contributed by atoms with E-state index in [-0.39, 0.29) is 5.56 Å². The molecule has 0 bridgehead atoms. The summed E-state index contributed by atoms with van der Waals surface area (Å²) in [6.07, 6.45) is -0.542. The smallest absolute Gasteiger partial charge is 0.263 e. The summed E-state index contributed by atoms with van der Waals surface area (Å²) >= 11 is 6.01. The summed E-state index contributed by atoms with van der Waals surface area (Å²) in [6, 6.07) is 4.50. The zero-order chi connectivity index (χ0) is 11.5. The number of hydrogen-bond acceptors (Lipinski definition) is 1. The molecule has 1 aromatic rings. The van der Waals surface area contributed by atoms with Gasteiger partial charge in [-0.1, -0.05) is 17.7 Å². The minimum absolute atomic E-state index is 0.0605. The van der Waals surface area contributed by atoms with Gasteiger partial charge in [-0.3, -0.25) is 0 Å². The maximum Gasteiger partial charge on any atom is 0.263 e. The van der Waals surface area contributed by atoms with Crippen LogP contribution in [0.4, 0.5) is 8.78 Å². The average Bonchev–Trinajstić information content (AvgIpc) is 2.73. The second-order valence-electron chi connectivity index (χ2n) is 4.21. The Morgan fingerprint density at radius 1 is 1.44 bits per heavy atom. The first-order chi connectivity index (χ1) is 7.66. The second-order valence-corrected chi connectivity index (χ2v) is 4.62. The van der Waals surface area contributed by atoms with Gasteiger partial charge in [0.25, 0.3) is 6.43 Å². The van der Waals surface area contributed by atoms with Crippen molar-refractivity contribution >= 4 is 11.6 Å². The SMILES string of the molecule is FC(F)c1ccc(Cl)c(CC2CCNC2)c1. The molecule has 1 aromatic carbocycles. The quantitative estimate of drug-likeness (QED) is 0.860. The van der Waals surface area contributed by atoms with Crippen molar-refractivity contribution in [1.29, 1.82) is 0 Å². The highest BCUT2D eigenvalue weighted by Gasteiger charge is 2.17. The second kappa shape index (κ2) is 5.11. The standard InChI is InChI=1S/C12H14ClF2N/c13-11-2-1-9(12(14)15)6-10(11)5-8-3-4-16-7-8/h1-2,6,8,12,16H,3-5,7H2. The van der Waals surface area contributed by atoms with Crippen LogP contribution in [0.5, 0.6) is 0 Å². The van der Waals surface area contributed by atoms with Gasteiger partial charge in [-0.05, 0) is 49.5 Å². The Balaban J connectivity index is 2.14. The monoisotopic (exact) mass is 245 g/mol. The first-order valence-electron chi connectivity index (χ1n) is 5.44. The van der Waals surface area contributed by atoms with Gasteiger partial charge in [-0.2, -0.15) is 0 Å². The molecule has 1 heterocycles. The third-order valence-electron chi connectivity index (χ3n) is 2.99. The molecule has 1 unspecified atom stereocenters. The van der Waals surface area contributed by atoms with Crippen molar-refractivity contribution in [3.05, 3.63) is 34.3 Å². The van der Waals surface area contributed by atoms with Gasteiger partial charge in [-0.25, -0.2) is 8.78 Å². The predicted octanol–water partition coefficient (Wildman–Crippen LogP) is 3.43. The molecule has 1 aliphatic heterocycles. The molecule has 1 atom stereocenters. The van der Waals surface area contributed by atoms with Crippen LogP contribution in [0.3, 0.4) is 0 Å². The number of rotatable bonds is 3. The molecule has 1 fully saturated rings. The summed E-state index contributed by atoms with van der Waals surface area (Å²) < 4.78 is 25.1. The van der Waals surface area contributed by atoms with Crippen LogP contribution in [0.25, 0.3) is 0 Å². The van der Waals surface area contributed by atoms with Gasteiger partial charge < -0.3 is 5.32 Å². The van der Waals surface area contributed by atoms with E-state index in [0.717, 1.165) is 31.5 Å². The maximum absolute atomic E-state index is 12.5. The Bertz CT molecular complexity index is 362. The predicted molar refractivity (Wildman–Crippen MR) is 61.1 cm³/mol. The van der Waals surface area contributed by atoms with E-state index in [0.29, 0.717) is 10.9 Å². The minimum Gasteiger partial charge on any atom is -0.316 e. The van der Waals surface area contributed by atoms with Crippen LogP contribution in [-0.2, 0) is 6.42 Å². The lowest BCUT2D eigenvalue weighted by Crippen LogP contribution is -2.11. The molecule has 1 nitrogen and oxygen atoms in total. The highest BCUT2D eigenvalue weighted by molar-refractivity contribution is 6.31. The van der Waals surface area contributed by atoms with E-state index in [1.807, 2.05) is 0 Å². The van der Waals surface area contributed by atoms with Gasteiger partial charge in [0.05, 0.1) is 0 Å². The Kier molecular flexibility index (Phi) is 3.77. The van der Waals surface area contributed by atoms with Gasteiger partial charge >= 0.3 is 0 Å². The van der Waals surface area contributed by atoms with Crippen molar-refractivity contribution in [3.8, 4) is 0 Å². The van der Waals surface area contributed by atoms with Gasteiger partial charge in [0, 0.05) is 10.6 Å². The van der Waals surface area contributed by atoms with E-state index in [4.69, 9.17) is 11.6 Å². The molecule has 0 saturated carbocycles. The Labute approximate surface area is 98.8 Å². The van der Waals surface area contributed by atoms with E-state index >= 15 is 0 Å². The fourth-order valence-corrected chi connectivity index (χ4v) is 2.28. The molecule has 1 aliphatic rings. The van der Waals surface area contributed by atoms with Crippen LogP contribution in [-0.4, -0.2) is 13.1 Å². The third kappa shape index (κ3) is 2.71. The molecule has 1 N–H and O–H groups in total. The topological polar surface area (TPSA) is 12.0 Å². The molecule has 0 radical (unpaired) electrons. The van der Waals surface area contributed by atoms with Crippen molar-refractivity contribution in [2.75, 3.05) is 13.1 Å². The fraction of sp³-hybridized carbons (Fsp3) is 0.500. The van der Waals surface area contributed by atoms with Gasteiger partial charge in [-0.15, -0.1) is 0 Å². The molecule has 2 rings (SSSR count). The molecular weight excluding hydrogens is 232 g/mol. The first-order valence-corrected chi connectivity index (χ1v) is 5.82. The van der Waals surface area contributed by atoms with E-state index in [2.05, 4.69) is 5.32 Å². The summed E-state index contributed by atoms with van der Waals surface area (Å²) in [6.45, 7) is 1.96. The summed E-state index contributed by atoms with van der Waals surface area (Å²) in [4.78, 5) is 0. The lowest BCUT2D eigenvalue weighted by Gasteiger charge is -2.11. The van der Waals surface area contributed by atoms with Crippen molar-refractivity contribution in [2.45, 2.75) is 19.3 Å². The molecule has 0 aromatic heterocycles. The van der Waals surface area contributed by atoms with Crippen LogP contribution in [0, 0.1) is 5.92 Å². The van der Waals surface area contributed by atoms with E-state index < -0.39 is 6.43 Å². The number of hydrogen-bond donors (Lipinski definition) is 1. The molecule has 0 spiro atoms. The average molecular weight is 246 g/mol. The summed E-state index contributed by atoms with van der Waals surface area (Å²) in [5.74, 6) is 0.519. The highest BCUT2D eigenvalue weighted by Crippen LogP contribution is 2.27. The number of alkyl halides is 2. The van der Waals surface area contributed by atoms with Crippen LogP contribution in [0.2, 0.25) is 5.02 Å². The first kappa shape index (κ1) is 11.8. The normalized spacial score (nSPS) is 20.6. The molecule has 16 heavy (non-hydrogen) atoms. The summed E-state index contributed by atoms with van der Waals surface area (Å²) in [5.41, 5.74) is 0.901. The van der Waals surface area contributed by atoms with Gasteiger partial charge in [0.2, 0.25) is 0 Å². The van der Waals surface area contributed by atoms with Crippen LogP contribution in [0.15, 0.2) is 18.2 Å². The Morgan fingerprint density at radius 3 is 2.88 bits per heavy atom. The zero-order valence-electron chi connectivity index (χ0n) is 8.85. The largest absolute Gasteiger partial charge is 0.316 e. The van der Waals surface area contributed by atoms with Gasteiger partial charge in [0.1, 0.15) is 0 Å². The number of benzene rings is 1. The number of nitrogens with one attached hydrogen (secondary N) is 1. The molecular formula is C12H14ClF2N. The Morgan fingerprint density at radius 2 is 2.25 bits per heavy atom. The fourth-order valence-electron chi connectivity index (χ4n) is 2.09. The summed E-state index contributed by atoms with van der Waals surface area (Å²) in [5, 5.41) is 3.85. The Hall–Kier alpha value is -0.670. The van der Waals surface area contributed by atoms with Crippen molar-refractivity contribution in [1.82, 2.24) is 5.32 Å². The molecule has 1 saturated heterocycles. The van der Waals surface area contributed by atoms with E-state index in [1.165, 1.54) is 12.1 Å². The van der Waals surface area contributed by atoms with Crippen LogP contribution in [0.1, 0.15) is 24.0 Å². The van der Waals surface area contributed by atoms with Crippen molar-refractivity contribution in [2.24, 2.45) is 5.92 Å². The lowest BCUT2D eigenvalue weighted by molar-refractivity contribution is 0.151. The van der Waals surface area contributed by atoms with Crippen molar-refractivity contribution < 1.29 is 8.78 Å². The molecule has 88 valence electrons. The maximum atomic E-state index is 12.5. The molecule has 0 aliphatic carbocycles. The summed E-state index contributed by atoms with van der Waals surface area (Å²) in [7, 11) is 0. The zero-order valence-corrected chi connectivity index (χ0v) is 9.61. The lowest BCUT2D eigenvalue weighted by atomic mass is 9.97. The van der Waals surface area contributed by atoms with Crippen LogP contribution >= 0.6 is 11.6 Å². The minimum atomic E-state index is -2.42. The van der Waals surface area contributed by atoms with E-state index in [9.17, 15) is 8.78 Å². The third-order valence-corrected chi connectivity index (χ3v) is 3.36. The van der Waals surface area contributed by atoms with Crippen LogP contribution < -0.4 is 5.32 Å². The molecule has 0 amide bonds. The van der Waals surface area contributed by atoms with E-state index in [1.54, 1.807) is 6.07 Å². The molecule has 4 heteroatoms. The highest BCUT2D eigenvalue weighted by atomic mass is 35.5. The number of halogens is 3.